The first kappa shape index (κ1) is 9.75. The summed E-state index contributed by atoms with van der Waals surface area (Å²) in [6.07, 6.45) is 3.73. The van der Waals surface area contributed by atoms with Crippen LogP contribution in [0.4, 0.5) is 0 Å². The van der Waals surface area contributed by atoms with Gasteiger partial charge in [-0.05, 0) is 32.1 Å². The van der Waals surface area contributed by atoms with Crippen LogP contribution in [0.3, 0.4) is 0 Å². The van der Waals surface area contributed by atoms with Crippen molar-refractivity contribution < 1.29 is 4.84 Å². The molecule has 0 amide bonds. The lowest BCUT2D eigenvalue weighted by Crippen LogP contribution is -2.33. The fourth-order valence-corrected chi connectivity index (χ4v) is 2.04. The van der Waals surface area contributed by atoms with E-state index in [1.807, 2.05) is 0 Å². The highest BCUT2D eigenvalue weighted by Crippen LogP contribution is 2.33. The average Bonchev–Trinajstić information content (AvgIpc) is 2.03. The second-order valence-electron chi connectivity index (χ2n) is 4.05. The highest BCUT2D eigenvalue weighted by molar-refractivity contribution is 5.01. The lowest BCUT2D eigenvalue weighted by molar-refractivity contribution is -0.0137. The van der Waals surface area contributed by atoms with Crippen LogP contribution in [0.1, 0.15) is 33.1 Å². The van der Waals surface area contributed by atoms with Crippen molar-refractivity contribution >= 4 is 0 Å². The second-order valence-corrected chi connectivity index (χ2v) is 4.05. The van der Waals surface area contributed by atoms with Gasteiger partial charge in [-0.25, -0.2) is 5.90 Å². The third-order valence-corrected chi connectivity index (χ3v) is 2.86. The molecule has 1 fully saturated rings. The second kappa shape index (κ2) is 4.06. The van der Waals surface area contributed by atoms with E-state index < -0.39 is 0 Å². The molecule has 0 aromatic heterocycles. The maximum atomic E-state index is 5.25. The molecule has 2 heteroatoms. The molecule has 0 aromatic carbocycles. The quantitative estimate of drug-likeness (QED) is 0.508. The summed E-state index contributed by atoms with van der Waals surface area (Å²) in [6, 6.07) is 0. The molecule has 2 N–H and O–H groups in total. The molecule has 1 rings (SSSR count). The van der Waals surface area contributed by atoms with E-state index in [9.17, 15) is 0 Å². The van der Waals surface area contributed by atoms with E-state index in [1.54, 1.807) is 0 Å². The van der Waals surface area contributed by atoms with Gasteiger partial charge in [0.2, 0.25) is 0 Å². The largest absolute Gasteiger partial charge is 0.301 e. The Bertz CT molecular complexity index is 167. The molecule has 0 heterocycles. The zero-order chi connectivity index (χ0) is 9.14. The van der Waals surface area contributed by atoms with Crippen molar-refractivity contribution in [2.45, 2.75) is 39.2 Å². The summed E-state index contributed by atoms with van der Waals surface area (Å²) in [5.41, 5.74) is 1.21. The third-order valence-electron chi connectivity index (χ3n) is 2.86. The van der Waals surface area contributed by atoms with Gasteiger partial charge in [-0.15, -0.1) is 0 Å². The minimum Gasteiger partial charge on any atom is -0.301 e. The normalized spacial score (nSPS) is 36.4. The SMILES string of the molecule is C=C(C)C1CCC(C)CC1ON. The van der Waals surface area contributed by atoms with Crippen LogP contribution in [0.25, 0.3) is 0 Å². The minimum atomic E-state index is 0.200. The molecule has 3 unspecified atom stereocenters. The van der Waals surface area contributed by atoms with Gasteiger partial charge in [0.25, 0.3) is 0 Å². The first-order valence-electron chi connectivity index (χ1n) is 4.66. The van der Waals surface area contributed by atoms with E-state index in [4.69, 9.17) is 10.7 Å². The summed E-state index contributed by atoms with van der Waals surface area (Å²) in [7, 11) is 0. The van der Waals surface area contributed by atoms with Crippen molar-refractivity contribution in [2.75, 3.05) is 0 Å². The van der Waals surface area contributed by atoms with Crippen LogP contribution in [0, 0.1) is 11.8 Å². The zero-order valence-corrected chi connectivity index (χ0v) is 8.05. The van der Waals surface area contributed by atoms with E-state index in [2.05, 4.69) is 20.4 Å². The summed E-state index contributed by atoms with van der Waals surface area (Å²) >= 11 is 0. The summed E-state index contributed by atoms with van der Waals surface area (Å²) in [4.78, 5) is 4.97. The van der Waals surface area contributed by atoms with Crippen LogP contribution in [-0.4, -0.2) is 6.10 Å². The van der Waals surface area contributed by atoms with Crippen molar-refractivity contribution in [1.29, 1.82) is 0 Å². The zero-order valence-electron chi connectivity index (χ0n) is 8.05. The molecule has 1 aliphatic carbocycles. The van der Waals surface area contributed by atoms with Crippen LogP contribution < -0.4 is 5.90 Å². The van der Waals surface area contributed by atoms with Crippen LogP contribution in [0.15, 0.2) is 12.2 Å². The Morgan fingerprint density at radius 2 is 2.17 bits per heavy atom. The van der Waals surface area contributed by atoms with Gasteiger partial charge in [0.1, 0.15) is 0 Å². The molecule has 0 radical (unpaired) electrons. The molecule has 0 bridgehead atoms. The van der Waals surface area contributed by atoms with Gasteiger partial charge in [0, 0.05) is 5.92 Å². The Balaban J connectivity index is 2.56. The molecule has 3 atom stereocenters. The Morgan fingerprint density at radius 1 is 1.50 bits per heavy atom. The topological polar surface area (TPSA) is 35.2 Å². The summed E-state index contributed by atoms with van der Waals surface area (Å²) in [6.45, 7) is 8.28. The van der Waals surface area contributed by atoms with Gasteiger partial charge in [0.05, 0.1) is 6.10 Å². The van der Waals surface area contributed by atoms with E-state index in [0.29, 0.717) is 5.92 Å². The first-order chi connectivity index (χ1) is 5.65. The number of hydrogen-bond acceptors (Lipinski definition) is 2. The molecule has 12 heavy (non-hydrogen) atoms. The summed E-state index contributed by atoms with van der Waals surface area (Å²) in [5, 5.41) is 0. The highest BCUT2D eigenvalue weighted by atomic mass is 16.6. The maximum Gasteiger partial charge on any atom is 0.0854 e. The molecule has 70 valence electrons. The minimum absolute atomic E-state index is 0.200. The fraction of sp³-hybridized carbons (Fsp3) is 0.800. The summed E-state index contributed by atoms with van der Waals surface area (Å²) < 4.78 is 0. The predicted molar refractivity (Wildman–Crippen MR) is 50.4 cm³/mol. The molecular weight excluding hydrogens is 150 g/mol. The molecule has 0 aliphatic heterocycles. The lowest BCUT2D eigenvalue weighted by atomic mass is 9.78. The molecule has 1 aliphatic rings. The Kier molecular flexibility index (Phi) is 3.29. The van der Waals surface area contributed by atoms with Crippen molar-refractivity contribution in [2.24, 2.45) is 17.7 Å². The van der Waals surface area contributed by atoms with Crippen molar-refractivity contribution in [3.63, 3.8) is 0 Å². The van der Waals surface area contributed by atoms with E-state index >= 15 is 0 Å². The van der Waals surface area contributed by atoms with Crippen molar-refractivity contribution in [3.05, 3.63) is 12.2 Å². The third kappa shape index (κ3) is 2.08. The van der Waals surface area contributed by atoms with Crippen LogP contribution >= 0.6 is 0 Å². The molecule has 1 saturated carbocycles. The average molecular weight is 169 g/mol. The van der Waals surface area contributed by atoms with Gasteiger partial charge in [-0.1, -0.05) is 19.1 Å². The standard InChI is InChI=1S/C10H19NO/c1-7(2)9-5-4-8(3)6-10(9)12-11/h8-10H,1,4-6,11H2,2-3H3. The highest BCUT2D eigenvalue weighted by Gasteiger charge is 2.29. The number of hydrogen-bond donors (Lipinski definition) is 1. The Hall–Kier alpha value is -0.340. The van der Waals surface area contributed by atoms with Gasteiger partial charge >= 0.3 is 0 Å². The van der Waals surface area contributed by atoms with E-state index in [-0.39, 0.29) is 6.10 Å². The van der Waals surface area contributed by atoms with Gasteiger partial charge < -0.3 is 4.84 Å². The van der Waals surface area contributed by atoms with Gasteiger partial charge in [-0.3, -0.25) is 0 Å². The van der Waals surface area contributed by atoms with Crippen molar-refractivity contribution in [3.8, 4) is 0 Å². The predicted octanol–water partition coefficient (Wildman–Crippen LogP) is 2.26. The molecule has 0 aromatic rings. The van der Waals surface area contributed by atoms with Crippen LogP contribution in [0.5, 0.6) is 0 Å². The molecule has 0 saturated heterocycles. The maximum absolute atomic E-state index is 5.25. The Morgan fingerprint density at radius 3 is 2.67 bits per heavy atom. The van der Waals surface area contributed by atoms with Gasteiger partial charge in [-0.2, -0.15) is 0 Å². The van der Waals surface area contributed by atoms with Gasteiger partial charge in [0.15, 0.2) is 0 Å². The number of rotatable bonds is 2. The van der Waals surface area contributed by atoms with E-state index in [1.165, 1.54) is 18.4 Å². The summed E-state index contributed by atoms with van der Waals surface area (Å²) in [5.74, 6) is 6.48. The fourth-order valence-electron chi connectivity index (χ4n) is 2.04. The number of nitrogens with two attached hydrogens (primary N) is 1. The Labute approximate surface area is 74.7 Å². The van der Waals surface area contributed by atoms with Crippen LogP contribution in [-0.2, 0) is 4.84 Å². The molecule has 0 spiro atoms. The molecule has 2 nitrogen and oxygen atoms in total. The lowest BCUT2D eigenvalue weighted by Gasteiger charge is -2.33. The van der Waals surface area contributed by atoms with Crippen LogP contribution in [0.2, 0.25) is 0 Å². The van der Waals surface area contributed by atoms with Crippen molar-refractivity contribution in [1.82, 2.24) is 0 Å². The molecular formula is C10H19NO. The monoisotopic (exact) mass is 169 g/mol. The van der Waals surface area contributed by atoms with E-state index in [0.717, 1.165) is 12.3 Å². The smallest absolute Gasteiger partial charge is 0.0854 e. The first-order valence-corrected chi connectivity index (χ1v) is 4.66.